The molecule has 0 aliphatic heterocycles. The molecule has 0 heterocycles. The summed E-state index contributed by atoms with van der Waals surface area (Å²) >= 11 is 0. The van der Waals surface area contributed by atoms with Gasteiger partial charge in [0.25, 0.3) is 0 Å². The number of hydrogen-bond acceptors (Lipinski definition) is 2. The zero-order valence-electron chi connectivity index (χ0n) is 9.09. The average Bonchev–Trinajstić information content (AvgIpc) is 2.25. The highest BCUT2D eigenvalue weighted by molar-refractivity contribution is 5.90. The fraction of sp³-hybridized carbons (Fsp3) is 0.364. The van der Waals surface area contributed by atoms with Crippen LogP contribution in [0.25, 0.3) is 0 Å². The number of para-hydroxylation sites is 1. The summed E-state index contributed by atoms with van der Waals surface area (Å²) in [7, 11) is 0. The maximum absolute atomic E-state index is 12.9. The Bertz CT molecular complexity index is 369. The number of carbonyl (C=O) groups excluding carboxylic acids is 1. The first-order chi connectivity index (χ1) is 7.65. The molecule has 5 heteroatoms. The minimum Gasteiger partial charge on any atom is -0.503 e. The summed E-state index contributed by atoms with van der Waals surface area (Å²) in [5, 5.41) is 14.3. The number of benzene rings is 1. The van der Waals surface area contributed by atoms with E-state index in [1.807, 2.05) is 6.92 Å². The zero-order valence-corrected chi connectivity index (χ0v) is 9.09. The number of nitrogens with one attached hydrogen (secondary N) is 2. The molecule has 0 saturated heterocycles. The number of carbonyl (C=O) groups is 1. The van der Waals surface area contributed by atoms with E-state index in [0.29, 0.717) is 6.54 Å². The third-order valence-electron chi connectivity index (χ3n) is 2.05. The van der Waals surface area contributed by atoms with Crippen molar-refractivity contribution < 1.29 is 14.3 Å². The fourth-order valence-electron chi connectivity index (χ4n) is 1.16. The normalized spacial score (nSPS) is 9.88. The summed E-state index contributed by atoms with van der Waals surface area (Å²) in [5.74, 6) is -1.31. The zero-order chi connectivity index (χ0) is 12.0. The minimum absolute atomic E-state index is 0.0639. The van der Waals surface area contributed by atoms with E-state index in [4.69, 9.17) is 0 Å². The number of aromatic hydroxyl groups is 1. The molecule has 0 spiro atoms. The van der Waals surface area contributed by atoms with Gasteiger partial charge in [-0.1, -0.05) is 19.4 Å². The molecule has 0 bridgehead atoms. The van der Waals surface area contributed by atoms with E-state index in [9.17, 15) is 14.3 Å². The van der Waals surface area contributed by atoms with E-state index in [0.717, 1.165) is 18.9 Å². The summed E-state index contributed by atoms with van der Waals surface area (Å²) in [5.41, 5.74) is 0.0639. The highest BCUT2D eigenvalue weighted by Gasteiger charge is 2.08. The van der Waals surface area contributed by atoms with Gasteiger partial charge in [-0.05, 0) is 18.6 Å². The van der Waals surface area contributed by atoms with Gasteiger partial charge in [0.15, 0.2) is 11.6 Å². The summed E-state index contributed by atoms with van der Waals surface area (Å²) < 4.78 is 12.9. The first-order valence-corrected chi connectivity index (χ1v) is 5.17. The predicted octanol–water partition coefficient (Wildman–Crippen LogP) is 2.45. The standard InChI is InChI=1S/C11H15FN2O2/c1-2-3-7-13-11(16)14-9-6-4-5-8(12)10(9)15/h4-6,15H,2-3,7H2,1H3,(H2,13,14,16). The van der Waals surface area contributed by atoms with Crippen LogP contribution in [0.1, 0.15) is 19.8 Å². The monoisotopic (exact) mass is 226 g/mol. The Morgan fingerprint density at radius 3 is 2.94 bits per heavy atom. The summed E-state index contributed by atoms with van der Waals surface area (Å²) in [6, 6.07) is 3.51. The summed E-state index contributed by atoms with van der Waals surface area (Å²) in [6.45, 7) is 2.57. The fourth-order valence-corrected chi connectivity index (χ4v) is 1.16. The number of amides is 2. The summed E-state index contributed by atoms with van der Waals surface area (Å²) in [6.07, 6.45) is 1.86. The van der Waals surface area contributed by atoms with Crippen molar-refractivity contribution in [2.75, 3.05) is 11.9 Å². The van der Waals surface area contributed by atoms with Gasteiger partial charge < -0.3 is 15.7 Å². The molecule has 1 rings (SSSR count). The number of unbranched alkanes of at least 4 members (excludes halogenated alkanes) is 1. The first kappa shape index (κ1) is 12.3. The smallest absolute Gasteiger partial charge is 0.319 e. The maximum atomic E-state index is 12.9. The Kier molecular flexibility index (Phi) is 4.57. The van der Waals surface area contributed by atoms with Crippen LogP contribution in [-0.2, 0) is 0 Å². The van der Waals surface area contributed by atoms with E-state index in [2.05, 4.69) is 10.6 Å². The van der Waals surface area contributed by atoms with Crippen LogP contribution in [0.2, 0.25) is 0 Å². The molecule has 0 radical (unpaired) electrons. The van der Waals surface area contributed by atoms with Gasteiger partial charge in [0, 0.05) is 6.54 Å². The number of anilines is 1. The lowest BCUT2D eigenvalue weighted by Gasteiger charge is -2.08. The number of phenolic OH excluding ortho intramolecular Hbond substituents is 1. The molecule has 0 fully saturated rings. The minimum atomic E-state index is -0.758. The molecule has 0 aliphatic rings. The van der Waals surface area contributed by atoms with Crippen molar-refractivity contribution in [3.8, 4) is 5.75 Å². The van der Waals surface area contributed by atoms with Gasteiger partial charge in [0.2, 0.25) is 0 Å². The van der Waals surface area contributed by atoms with Crippen molar-refractivity contribution >= 4 is 11.7 Å². The van der Waals surface area contributed by atoms with Gasteiger partial charge in [0.05, 0.1) is 5.69 Å². The van der Waals surface area contributed by atoms with Gasteiger partial charge in [-0.15, -0.1) is 0 Å². The Hall–Kier alpha value is -1.78. The molecule has 1 aromatic rings. The second-order valence-corrected chi connectivity index (χ2v) is 3.37. The molecule has 4 nitrogen and oxygen atoms in total. The number of phenols is 1. The van der Waals surface area contributed by atoms with Crippen LogP contribution >= 0.6 is 0 Å². The number of hydrogen-bond donors (Lipinski definition) is 3. The SMILES string of the molecule is CCCCNC(=O)Nc1cccc(F)c1O. The molecule has 0 atom stereocenters. The molecular formula is C11H15FN2O2. The third kappa shape index (κ3) is 3.42. The Labute approximate surface area is 93.5 Å². The molecule has 2 amide bonds. The van der Waals surface area contributed by atoms with Crippen LogP contribution in [0.3, 0.4) is 0 Å². The molecule has 3 N–H and O–H groups in total. The molecule has 0 unspecified atom stereocenters. The Morgan fingerprint density at radius 2 is 2.25 bits per heavy atom. The number of rotatable bonds is 4. The largest absolute Gasteiger partial charge is 0.503 e. The molecular weight excluding hydrogens is 211 g/mol. The average molecular weight is 226 g/mol. The quantitative estimate of drug-likeness (QED) is 0.545. The van der Waals surface area contributed by atoms with E-state index in [1.165, 1.54) is 12.1 Å². The van der Waals surface area contributed by atoms with Crippen molar-refractivity contribution in [2.45, 2.75) is 19.8 Å². The van der Waals surface area contributed by atoms with Crippen molar-refractivity contribution in [3.05, 3.63) is 24.0 Å². The lowest BCUT2D eigenvalue weighted by atomic mass is 10.3. The van der Waals surface area contributed by atoms with Crippen molar-refractivity contribution in [2.24, 2.45) is 0 Å². The highest BCUT2D eigenvalue weighted by Crippen LogP contribution is 2.25. The Morgan fingerprint density at radius 1 is 1.50 bits per heavy atom. The van der Waals surface area contributed by atoms with E-state index in [1.54, 1.807) is 0 Å². The van der Waals surface area contributed by atoms with Crippen LogP contribution < -0.4 is 10.6 Å². The van der Waals surface area contributed by atoms with Gasteiger partial charge in [-0.3, -0.25) is 0 Å². The highest BCUT2D eigenvalue weighted by atomic mass is 19.1. The van der Waals surface area contributed by atoms with E-state index in [-0.39, 0.29) is 5.69 Å². The third-order valence-corrected chi connectivity index (χ3v) is 2.05. The lowest BCUT2D eigenvalue weighted by Crippen LogP contribution is -2.29. The molecule has 88 valence electrons. The van der Waals surface area contributed by atoms with Crippen LogP contribution in [0, 0.1) is 5.82 Å². The maximum Gasteiger partial charge on any atom is 0.319 e. The van der Waals surface area contributed by atoms with Crippen LogP contribution in [-0.4, -0.2) is 17.7 Å². The molecule has 0 aliphatic carbocycles. The molecule has 0 saturated carbocycles. The second kappa shape index (κ2) is 5.95. The Balaban J connectivity index is 2.53. The van der Waals surface area contributed by atoms with Gasteiger partial charge >= 0.3 is 6.03 Å². The number of urea groups is 1. The van der Waals surface area contributed by atoms with E-state index < -0.39 is 17.6 Å². The van der Waals surface area contributed by atoms with Crippen molar-refractivity contribution in [1.29, 1.82) is 0 Å². The molecule has 0 aromatic heterocycles. The number of halogens is 1. The van der Waals surface area contributed by atoms with Crippen molar-refractivity contribution in [1.82, 2.24) is 5.32 Å². The van der Waals surface area contributed by atoms with Gasteiger partial charge in [0.1, 0.15) is 0 Å². The van der Waals surface area contributed by atoms with Crippen LogP contribution in [0.4, 0.5) is 14.9 Å². The van der Waals surface area contributed by atoms with Crippen molar-refractivity contribution in [3.63, 3.8) is 0 Å². The predicted molar refractivity (Wildman–Crippen MR) is 60.0 cm³/mol. The topological polar surface area (TPSA) is 61.4 Å². The van der Waals surface area contributed by atoms with Crippen LogP contribution in [0.5, 0.6) is 5.75 Å². The van der Waals surface area contributed by atoms with Gasteiger partial charge in [-0.2, -0.15) is 0 Å². The molecule has 1 aromatic carbocycles. The van der Waals surface area contributed by atoms with Gasteiger partial charge in [-0.25, -0.2) is 9.18 Å². The lowest BCUT2D eigenvalue weighted by molar-refractivity contribution is 0.252. The van der Waals surface area contributed by atoms with E-state index >= 15 is 0 Å². The first-order valence-electron chi connectivity index (χ1n) is 5.17. The second-order valence-electron chi connectivity index (χ2n) is 3.37. The molecule has 16 heavy (non-hydrogen) atoms. The van der Waals surface area contributed by atoms with Crippen LogP contribution in [0.15, 0.2) is 18.2 Å². The summed E-state index contributed by atoms with van der Waals surface area (Å²) in [4.78, 5) is 11.3.